The lowest BCUT2D eigenvalue weighted by molar-refractivity contribution is 0.959. The van der Waals surface area contributed by atoms with Gasteiger partial charge in [0.15, 0.2) is 0 Å². The van der Waals surface area contributed by atoms with E-state index in [4.69, 9.17) is 0 Å². The third-order valence-electron chi connectivity index (χ3n) is 7.70. The molecule has 0 fully saturated rings. The average Bonchev–Trinajstić information content (AvgIpc) is 3.03. The van der Waals surface area contributed by atoms with Crippen molar-refractivity contribution in [2.24, 2.45) is 0 Å². The Morgan fingerprint density at radius 2 is 0.756 bits per heavy atom. The number of hydrogen-bond donors (Lipinski definition) is 0. The molecule has 0 N–H and O–H groups in total. The van der Waals surface area contributed by atoms with Crippen LogP contribution in [0.25, 0.3) is 11.1 Å². The van der Waals surface area contributed by atoms with Gasteiger partial charge in [0.1, 0.15) is 0 Å². The second-order valence-electron chi connectivity index (χ2n) is 10.7. The van der Waals surface area contributed by atoms with Crippen molar-refractivity contribution in [1.29, 1.82) is 0 Å². The van der Waals surface area contributed by atoms with Crippen LogP contribution in [0.15, 0.2) is 158 Å². The highest BCUT2D eigenvalue weighted by Crippen LogP contribution is 2.35. The van der Waals surface area contributed by atoms with Gasteiger partial charge >= 0.3 is 0 Å². The van der Waals surface area contributed by atoms with Crippen molar-refractivity contribution in [2.45, 2.75) is 26.2 Å². The molecular formula is C40H35N. The standard InChI is InChI=1S/C40H35N/c1-31-12-14-32(15-13-31)16-17-33-20-26-39(27-21-33)41(38-10-6-3-7-11-38)40-28-24-37(25-29-40)36-22-18-35(19-23-36)30-34-8-4-2-5-9-34/h2-15,18-29H,16-17,30H2,1H3. The Morgan fingerprint density at radius 1 is 0.366 bits per heavy atom. The highest BCUT2D eigenvalue weighted by molar-refractivity contribution is 5.78. The number of hydrogen-bond acceptors (Lipinski definition) is 1. The number of rotatable bonds is 9. The van der Waals surface area contributed by atoms with E-state index in [0.29, 0.717) is 0 Å². The van der Waals surface area contributed by atoms with E-state index in [0.717, 1.165) is 36.3 Å². The Kier molecular flexibility index (Phi) is 8.05. The lowest BCUT2D eigenvalue weighted by Gasteiger charge is -2.26. The second kappa shape index (κ2) is 12.5. The first-order chi connectivity index (χ1) is 20.2. The summed E-state index contributed by atoms with van der Waals surface area (Å²) in [6.07, 6.45) is 3.04. The first-order valence-electron chi connectivity index (χ1n) is 14.4. The van der Waals surface area contributed by atoms with E-state index >= 15 is 0 Å². The monoisotopic (exact) mass is 529 g/mol. The van der Waals surface area contributed by atoms with Gasteiger partial charge in [-0.05, 0) is 96.0 Å². The van der Waals surface area contributed by atoms with Crippen molar-refractivity contribution in [2.75, 3.05) is 4.90 Å². The Hall–Kier alpha value is -4.88. The summed E-state index contributed by atoms with van der Waals surface area (Å²) >= 11 is 0. The molecule has 0 spiro atoms. The van der Waals surface area contributed by atoms with Crippen molar-refractivity contribution >= 4 is 17.1 Å². The summed E-state index contributed by atoms with van der Waals surface area (Å²) in [7, 11) is 0. The molecule has 0 radical (unpaired) electrons. The zero-order chi connectivity index (χ0) is 27.9. The van der Waals surface area contributed by atoms with Gasteiger partial charge in [0.25, 0.3) is 0 Å². The van der Waals surface area contributed by atoms with Gasteiger partial charge in [-0.25, -0.2) is 0 Å². The van der Waals surface area contributed by atoms with E-state index in [1.165, 1.54) is 38.9 Å². The zero-order valence-corrected chi connectivity index (χ0v) is 23.6. The molecule has 1 nitrogen and oxygen atoms in total. The Labute approximate surface area is 244 Å². The van der Waals surface area contributed by atoms with Gasteiger partial charge < -0.3 is 4.90 Å². The summed E-state index contributed by atoms with van der Waals surface area (Å²) in [6, 6.07) is 57.0. The van der Waals surface area contributed by atoms with Gasteiger partial charge in [-0.15, -0.1) is 0 Å². The Balaban J connectivity index is 1.20. The molecule has 0 aliphatic heterocycles. The highest BCUT2D eigenvalue weighted by atomic mass is 15.1. The van der Waals surface area contributed by atoms with Crippen LogP contribution in [0, 0.1) is 6.92 Å². The molecule has 0 saturated heterocycles. The largest absolute Gasteiger partial charge is 0.311 e. The molecule has 1 heteroatoms. The molecule has 41 heavy (non-hydrogen) atoms. The van der Waals surface area contributed by atoms with E-state index in [9.17, 15) is 0 Å². The predicted molar refractivity (Wildman–Crippen MR) is 174 cm³/mol. The molecular weight excluding hydrogens is 494 g/mol. The minimum atomic E-state index is 0.955. The minimum Gasteiger partial charge on any atom is -0.311 e. The molecule has 200 valence electrons. The van der Waals surface area contributed by atoms with Gasteiger partial charge in [0, 0.05) is 17.1 Å². The Bertz CT molecular complexity index is 1650. The lowest BCUT2D eigenvalue weighted by Crippen LogP contribution is -2.09. The van der Waals surface area contributed by atoms with E-state index < -0.39 is 0 Å². The van der Waals surface area contributed by atoms with Crippen LogP contribution in [0.4, 0.5) is 17.1 Å². The van der Waals surface area contributed by atoms with Crippen LogP contribution in [0.5, 0.6) is 0 Å². The fourth-order valence-corrected chi connectivity index (χ4v) is 5.33. The van der Waals surface area contributed by atoms with Gasteiger partial charge in [-0.2, -0.15) is 0 Å². The highest BCUT2D eigenvalue weighted by Gasteiger charge is 2.12. The second-order valence-corrected chi connectivity index (χ2v) is 10.7. The maximum Gasteiger partial charge on any atom is 0.0462 e. The maximum atomic E-state index is 2.33. The SMILES string of the molecule is Cc1ccc(CCc2ccc(N(c3ccccc3)c3ccc(-c4ccc(Cc5ccccc5)cc4)cc3)cc2)cc1. The average molecular weight is 530 g/mol. The molecule has 0 saturated carbocycles. The summed E-state index contributed by atoms with van der Waals surface area (Å²) in [6.45, 7) is 2.14. The molecule has 0 unspecified atom stereocenters. The summed E-state index contributed by atoms with van der Waals surface area (Å²) < 4.78 is 0. The molecule has 0 atom stereocenters. The summed E-state index contributed by atoms with van der Waals surface area (Å²) in [4.78, 5) is 2.33. The fraction of sp³-hybridized carbons (Fsp3) is 0.100. The van der Waals surface area contributed by atoms with Crippen LogP contribution >= 0.6 is 0 Å². The van der Waals surface area contributed by atoms with Crippen molar-refractivity contribution in [3.63, 3.8) is 0 Å². The van der Waals surface area contributed by atoms with E-state index in [1.54, 1.807) is 0 Å². The topological polar surface area (TPSA) is 3.24 Å². The molecule has 0 amide bonds. The lowest BCUT2D eigenvalue weighted by atomic mass is 10.00. The molecule has 0 aliphatic rings. The fourth-order valence-electron chi connectivity index (χ4n) is 5.33. The smallest absolute Gasteiger partial charge is 0.0462 e. The van der Waals surface area contributed by atoms with Crippen LogP contribution in [0.2, 0.25) is 0 Å². The normalized spacial score (nSPS) is 10.9. The van der Waals surface area contributed by atoms with Crippen molar-refractivity contribution in [3.8, 4) is 11.1 Å². The van der Waals surface area contributed by atoms with Gasteiger partial charge in [0.05, 0.1) is 0 Å². The van der Waals surface area contributed by atoms with Crippen molar-refractivity contribution in [1.82, 2.24) is 0 Å². The van der Waals surface area contributed by atoms with Gasteiger partial charge in [0.2, 0.25) is 0 Å². The Morgan fingerprint density at radius 3 is 1.32 bits per heavy atom. The number of para-hydroxylation sites is 1. The summed E-state index contributed by atoms with van der Waals surface area (Å²) in [5, 5.41) is 0. The summed E-state index contributed by atoms with van der Waals surface area (Å²) in [5.74, 6) is 0. The van der Waals surface area contributed by atoms with Crippen LogP contribution in [-0.2, 0) is 19.3 Å². The van der Waals surface area contributed by atoms with Gasteiger partial charge in [-0.1, -0.05) is 127 Å². The van der Waals surface area contributed by atoms with Crippen LogP contribution in [0.1, 0.15) is 27.8 Å². The predicted octanol–water partition coefficient (Wildman–Crippen LogP) is 10.5. The van der Waals surface area contributed by atoms with Crippen LogP contribution < -0.4 is 4.90 Å². The molecule has 0 aliphatic carbocycles. The van der Waals surface area contributed by atoms with E-state index in [-0.39, 0.29) is 0 Å². The first kappa shape index (κ1) is 26.3. The zero-order valence-electron chi connectivity index (χ0n) is 23.6. The quantitative estimate of drug-likeness (QED) is 0.180. The van der Waals surface area contributed by atoms with Gasteiger partial charge in [-0.3, -0.25) is 0 Å². The third kappa shape index (κ3) is 6.65. The molecule has 6 aromatic rings. The minimum absolute atomic E-state index is 0.955. The third-order valence-corrected chi connectivity index (χ3v) is 7.70. The molecule has 0 heterocycles. The number of aryl methyl sites for hydroxylation is 3. The van der Waals surface area contributed by atoms with Crippen molar-refractivity contribution < 1.29 is 0 Å². The van der Waals surface area contributed by atoms with Crippen LogP contribution in [0.3, 0.4) is 0 Å². The van der Waals surface area contributed by atoms with Crippen LogP contribution in [-0.4, -0.2) is 0 Å². The number of anilines is 3. The maximum absolute atomic E-state index is 2.33. The first-order valence-corrected chi connectivity index (χ1v) is 14.4. The van der Waals surface area contributed by atoms with E-state index in [1.807, 2.05) is 0 Å². The molecule has 6 rings (SSSR count). The molecule has 6 aromatic carbocycles. The van der Waals surface area contributed by atoms with E-state index in [2.05, 4.69) is 170 Å². The molecule has 0 aromatic heterocycles. The molecule has 0 bridgehead atoms. The summed E-state index contributed by atoms with van der Waals surface area (Å²) in [5.41, 5.74) is 12.6. The number of nitrogens with zero attached hydrogens (tertiary/aromatic N) is 1. The van der Waals surface area contributed by atoms with Crippen molar-refractivity contribution in [3.05, 3.63) is 186 Å². The number of benzene rings is 6.